The lowest BCUT2D eigenvalue weighted by Crippen LogP contribution is -2.15. The standard InChI is InChI=1S/C14H17N3O2S/c1-10-5-6-16-9-13(10)17-20(18,19)14-4-3-12(8-15)7-11(14)2/h3-7,9,17H,8,15H2,1-2H3. The van der Waals surface area contributed by atoms with E-state index < -0.39 is 10.0 Å². The molecular formula is C14H17N3O2S. The molecule has 20 heavy (non-hydrogen) atoms. The van der Waals surface area contributed by atoms with Crippen LogP contribution in [0.15, 0.2) is 41.6 Å². The number of nitrogens with one attached hydrogen (secondary N) is 1. The molecule has 1 aromatic carbocycles. The molecule has 2 aromatic rings. The number of pyridine rings is 1. The summed E-state index contributed by atoms with van der Waals surface area (Å²) in [6.45, 7) is 3.96. The van der Waals surface area contributed by atoms with Crippen LogP contribution in [0.3, 0.4) is 0 Å². The van der Waals surface area contributed by atoms with Gasteiger partial charge in [0.1, 0.15) is 0 Å². The average Bonchev–Trinajstić information content (AvgIpc) is 2.40. The van der Waals surface area contributed by atoms with Gasteiger partial charge in [-0.3, -0.25) is 9.71 Å². The van der Waals surface area contributed by atoms with Gasteiger partial charge in [0.15, 0.2) is 0 Å². The zero-order valence-electron chi connectivity index (χ0n) is 11.4. The molecule has 0 radical (unpaired) electrons. The van der Waals surface area contributed by atoms with Crippen molar-refractivity contribution in [2.75, 3.05) is 4.72 Å². The Morgan fingerprint density at radius 3 is 2.55 bits per heavy atom. The Bertz CT molecular complexity index is 727. The molecule has 106 valence electrons. The van der Waals surface area contributed by atoms with E-state index in [-0.39, 0.29) is 4.90 Å². The lowest BCUT2D eigenvalue weighted by molar-refractivity contribution is 0.600. The van der Waals surface area contributed by atoms with Crippen molar-refractivity contribution in [3.8, 4) is 0 Å². The first-order valence-corrected chi connectivity index (χ1v) is 7.65. The fraction of sp³-hybridized carbons (Fsp3) is 0.214. The Hall–Kier alpha value is -1.92. The number of rotatable bonds is 4. The maximum atomic E-state index is 12.4. The SMILES string of the molecule is Cc1ccncc1NS(=O)(=O)c1ccc(CN)cc1C. The third-order valence-corrected chi connectivity index (χ3v) is 4.57. The highest BCUT2D eigenvalue weighted by Gasteiger charge is 2.17. The van der Waals surface area contributed by atoms with Crippen LogP contribution in [0.1, 0.15) is 16.7 Å². The highest BCUT2D eigenvalue weighted by molar-refractivity contribution is 7.92. The van der Waals surface area contributed by atoms with E-state index in [1.807, 2.05) is 6.92 Å². The molecule has 6 heteroatoms. The summed E-state index contributed by atoms with van der Waals surface area (Å²) in [5.41, 5.74) is 8.42. The summed E-state index contributed by atoms with van der Waals surface area (Å²) < 4.78 is 27.4. The van der Waals surface area contributed by atoms with Crippen LogP contribution in [-0.2, 0) is 16.6 Å². The first-order chi connectivity index (χ1) is 9.44. The summed E-state index contributed by atoms with van der Waals surface area (Å²) >= 11 is 0. The third-order valence-electron chi connectivity index (χ3n) is 3.05. The first kappa shape index (κ1) is 14.5. The number of benzene rings is 1. The summed E-state index contributed by atoms with van der Waals surface area (Å²) in [6, 6.07) is 6.83. The van der Waals surface area contributed by atoms with Gasteiger partial charge in [-0.05, 0) is 42.7 Å². The number of aryl methyl sites for hydroxylation is 2. The summed E-state index contributed by atoms with van der Waals surface area (Å²) in [4.78, 5) is 4.18. The fourth-order valence-corrected chi connectivity index (χ4v) is 3.25. The second-order valence-corrected chi connectivity index (χ2v) is 6.25. The van der Waals surface area contributed by atoms with Crippen LogP contribution < -0.4 is 10.5 Å². The van der Waals surface area contributed by atoms with Crippen molar-refractivity contribution in [2.45, 2.75) is 25.3 Å². The van der Waals surface area contributed by atoms with Crippen LogP contribution in [0.5, 0.6) is 0 Å². The van der Waals surface area contributed by atoms with Crippen molar-refractivity contribution in [1.29, 1.82) is 0 Å². The Morgan fingerprint density at radius 2 is 1.95 bits per heavy atom. The van der Waals surface area contributed by atoms with E-state index in [0.29, 0.717) is 17.8 Å². The summed E-state index contributed by atoms with van der Waals surface area (Å²) in [7, 11) is -3.62. The zero-order valence-corrected chi connectivity index (χ0v) is 12.2. The van der Waals surface area contributed by atoms with Crippen molar-refractivity contribution >= 4 is 15.7 Å². The summed E-state index contributed by atoms with van der Waals surface area (Å²) in [5, 5.41) is 0. The molecule has 0 aliphatic rings. The van der Waals surface area contributed by atoms with E-state index in [9.17, 15) is 8.42 Å². The molecule has 0 amide bonds. The van der Waals surface area contributed by atoms with E-state index in [2.05, 4.69) is 9.71 Å². The molecule has 0 saturated heterocycles. The Morgan fingerprint density at radius 1 is 1.20 bits per heavy atom. The van der Waals surface area contributed by atoms with Gasteiger partial charge >= 0.3 is 0 Å². The normalized spacial score (nSPS) is 11.3. The number of nitrogens with zero attached hydrogens (tertiary/aromatic N) is 1. The van der Waals surface area contributed by atoms with Crippen LogP contribution in [0.25, 0.3) is 0 Å². The quantitative estimate of drug-likeness (QED) is 0.901. The van der Waals surface area contributed by atoms with Crippen LogP contribution >= 0.6 is 0 Å². The predicted molar refractivity (Wildman–Crippen MR) is 78.9 cm³/mol. The Balaban J connectivity index is 2.39. The molecule has 1 aromatic heterocycles. The van der Waals surface area contributed by atoms with E-state index in [4.69, 9.17) is 5.73 Å². The second kappa shape index (κ2) is 5.60. The van der Waals surface area contributed by atoms with E-state index in [0.717, 1.165) is 11.1 Å². The molecule has 0 unspecified atom stereocenters. The third kappa shape index (κ3) is 2.97. The number of aromatic nitrogens is 1. The van der Waals surface area contributed by atoms with E-state index in [1.165, 1.54) is 6.20 Å². The highest BCUT2D eigenvalue weighted by atomic mass is 32.2. The molecule has 0 atom stereocenters. The highest BCUT2D eigenvalue weighted by Crippen LogP contribution is 2.21. The van der Waals surface area contributed by atoms with Gasteiger partial charge in [-0.2, -0.15) is 0 Å². The Labute approximate surface area is 118 Å². The van der Waals surface area contributed by atoms with Gasteiger partial charge in [0.25, 0.3) is 10.0 Å². The van der Waals surface area contributed by atoms with Crippen LogP contribution in [-0.4, -0.2) is 13.4 Å². The van der Waals surface area contributed by atoms with Crippen molar-refractivity contribution < 1.29 is 8.42 Å². The number of nitrogens with two attached hydrogens (primary N) is 1. The monoisotopic (exact) mass is 291 g/mol. The molecule has 0 aliphatic heterocycles. The van der Waals surface area contributed by atoms with Crippen molar-refractivity contribution in [3.63, 3.8) is 0 Å². The number of hydrogen-bond donors (Lipinski definition) is 2. The number of anilines is 1. The maximum absolute atomic E-state index is 12.4. The molecule has 0 fully saturated rings. The minimum Gasteiger partial charge on any atom is -0.326 e. The van der Waals surface area contributed by atoms with Crippen LogP contribution in [0, 0.1) is 13.8 Å². The smallest absolute Gasteiger partial charge is 0.262 e. The molecule has 1 heterocycles. The van der Waals surface area contributed by atoms with Crippen LogP contribution in [0.2, 0.25) is 0 Å². The van der Waals surface area contributed by atoms with E-state index >= 15 is 0 Å². The van der Waals surface area contributed by atoms with Gasteiger partial charge in [-0.1, -0.05) is 12.1 Å². The second-order valence-electron chi connectivity index (χ2n) is 4.60. The lowest BCUT2D eigenvalue weighted by atomic mass is 10.1. The maximum Gasteiger partial charge on any atom is 0.262 e. The minimum atomic E-state index is -3.62. The topological polar surface area (TPSA) is 85.1 Å². The number of sulfonamides is 1. The molecule has 0 spiro atoms. The van der Waals surface area contributed by atoms with Crippen LogP contribution in [0.4, 0.5) is 5.69 Å². The largest absolute Gasteiger partial charge is 0.326 e. The van der Waals surface area contributed by atoms with Gasteiger partial charge in [-0.15, -0.1) is 0 Å². The van der Waals surface area contributed by atoms with Gasteiger partial charge in [0.2, 0.25) is 0 Å². The predicted octanol–water partition coefficient (Wildman–Crippen LogP) is 1.96. The number of hydrogen-bond acceptors (Lipinski definition) is 4. The fourth-order valence-electron chi connectivity index (χ4n) is 1.91. The average molecular weight is 291 g/mol. The summed E-state index contributed by atoms with van der Waals surface area (Å²) in [5.74, 6) is 0. The first-order valence-electron chi connectivity index (χ1n) is 6.17. The molecule has 0 saturated carbocycles. The van der Waals surface area contributed by atoms with E-state index in [1.54, 1.807) is 37.4 Å². The molecule has 2 rings (SSSR count). The molecule has 0 bridgehead atoms. The van der Waals surface area contributed by atoms with Crippen molar-refractivity contribution in [1.82, 2.24) is 4.98 Å². The minimum absolute atomic E-state index is 0.248. The zero-order chi connectivity index (χ0) is 14.8. The van der Waals surface area contributed by atoms with Gasteiger partial charge in [0, 0.05) is 12.7 Å². The lowest BCUT2D eigenvalue weighted by Gasteiger charge is -2.12. The van der Waals surface area contributed by atoms with Crippen molar-refractivity contribution in [2.24, 2.45) is 5.73 Å². The van der Waals surface area contributed by atoms with Gasteiger partial charge in [0.05, 0.1) is 16.8 Å². The summed E-state index contributed by atoms with van der Waals surface area (Å²) in [6.07, 6.45) is 3.12. The van der Waals surface area contributed by atoms with Gasteiger partial charge in [-0.25, -0.2) is 8.42 Å². The molecule has 0 aliphatic carbocycles. The Kier molecular flexibility index (Phi) is 4.06. The van der Waals surface area contributed by atoms with Gasteiger partial charge < -0.3 is 5.73 Å². The van der Waals surface area contributed by atoms with Crippen molar-refractivity contribution in [3.05, 3.63) is 53.3 Å². The molecular weight excluding hydrogens is 274 g/mol. The molecule has 3 N–H and O–H groups in total. The molecule has 5 nitrogen and oxygen atoms in total.